The molecule has 2 aromatic carbocycles. The molecule has 4 rings (SSSR count). The zero-order chi connectivity index (χ0) is 27.1. The molecule has 1 aliphatic rings. The van der Waals surface area contributed by atoms with Crippen LogP contribution in [0.4, 0.5) is 19.4 Å². The van der Waals surface area contributed by atoms with Gasteiger partial charge in [0.2, 0.25) is 5.82 Å². The fraction of sp³-hybridized carbons (Fsp3) is 0.360. The SMILES string of the molecule is COc1cccc(F)c1-c1c(Cl)cc2c(N3CCN(C(=O)OC(C)(C)C)CC3)nc(C(=O)O)nc2c1F. The van der Waals surface area contributed by atoms with Gasteiger partial charge in [0, 0.05) is 37.1 Å². The maximum absolute atomic E-state index is 16.0. The highest BCUT2D eigenvalue weighted by Gasteiger charge is 2.30. The van der Waals surface area contributed by atoms with Crippen molar-refractivity contribution < 1.29 is 33.0 Å². The summed E-state index contributed by atoms with van der Waals surface area (Å²) in [6.07, 6.45) is -0.469. The number of fused-ring (bicyclic) bond motifs is 1. The molecule has 0 radical (unpaired) electrons. The van der Waals surface area contributed by atoms with Crippen LogP contribution in [-0.2, 0) is 4.74 Å². The van der Waals surface area contributed by atoms with E-state index in [1.54, 1.807) is 25.7 Å². The second kappa shape index (κ2) is 9.97. The third kappa shape index (κ3) is 5.22. The minimum absolute atomic E-state index is 0.0474. The molecule has 196 valence electrons. The number of aromatic carboxylic acids is 1. The van der Waals surface area contributed by atoms with Crippen molar-refractivity contribution in [2.45, 2.75) is 26.4 Å². The van der Waals surface area contributed by atoms with E-state index >= 15 is 4.39 Å². The first-order valence-electron chi connectivity index (χ1n) is 11.4. The van der Waals surface area contributed by atoms with Crippen LogP contribution in [0.5, 0.6) is 5.75 Å². The molecular weight excluding hydrogens is 510 g/mol. The first-order valence-corrected chi connectivity index (χ1v) is 11.8. The molecule has 2 heterocycles. The van der Waals surface area contributed by atoms with Gasteiger partial charge < -0.3 is 24.4 Å². The Bertz CT molecular complexity index is 1390. The average Bonchev–Trinajstić information content (AvgIpc) is 2.83. The van der Waals surface area contributed by atoms with Gasteiger partial charge in [-0.3, -0.25) is 0 Å². The Kier molecular flexibility index (Phi) is 7.09. The first-order chi connectivity index (χ1) is 17.4. The number of aromatic nitrogens is 2. The van der Waals surface area contributed by atoms with Crippen LogP contribution >= 0.6 is 11.6 Å². The molecule has 1 N–H and O–H groups in total. The number of carbonyl (C=O) groups excluding carboxylic acids is 1. The fourth-order valence-electron chi connectivity index (χ4n) is 4.09. The third-order valence-corrected chi connectivity index (χ3v) is 6.03. The molecule has 1 aromatic heterocycles. The summed E-state index contributed by atoms with van der Waals surface area (Å²) in [5, 5.41) is 9.63. The highest BCUT2D eigenvalue weighted by Crippen LogP contribution is 2.42. The molecule has 0 spiro atoms. The van der Waals surface area contributed by atoms with Gasteiger partial charge in [-0.15, -0.1) is 0 Å². The van der Waals surface area contributed by atoms with Crippen LogP contribution in [0.15, 0.2) is 24.3 Å². The number of carbonyl (C=O) groups is 2. The maximum atomic E-state index is 16.0. The summed E-state index contributed by atoms with van der Waals surface area (Å²) in [7, 11) is 1.31. The Morgan fingerprint density at radius 3 is 2.35 bits per heavy atom. The maximum Gasteiger partial charge on any atom is 0.410 e. The Morgan fingerprint density at radius 2 is 1.76 bits per heavy atom. The minimum Gasteiger partial charge on any atom is -0.496 e. The van der Waals surface area contributed by atoms with E-state index in [-0.39, 0.29) is 64.8 Å². The number of amides is 1. The van der Waals surface area contributed by atoms with E-state index in [2.05, 4.69) is 9.97 Å². The number of methoxy groups -OCH3 is 1. The van der Waals surface area contributed by atoms with Crippen molar-refractivity contribution in [3.63, 3.8) is 0 Å². The standard InChI is InChI=1S/C25H25ClF2N4O5/c1-25(2,3)37-24(35)32-10-8-31(9-11-32)22-13-12-14(26)17(18-15(27)6-5-7-16(18)36-4)19(28)20(13)29-21(30-22)23(33)34/h5-7,12H,8-11H2,1-4H3,(H,33,34). The molecule has 9 nitrogen and oxygen atoms in total. The second-order valence-electron chi connectivity index (χ2n) is 9.39. The number of piperazine rings is 1. The van der Waals surface area contributed by atoms with Gasteiger partial charge in [0.15, 0.2) is 5.82 Å². The highest BCUT2D eigenvalue weighted by molar-refractivity contribution is 6.34. The Hall–Kier alpha value is -3.73. The fourth-order valence-corrected chi connectivity index (χ4v) is 4.38. The van der Waals surface area contributed by atoms with Gasteiger partial charge in [-0.05, 0) is 39.0 Å². The zero-order valence-electron chi connectivity index (χ0n) is 20.6. The molecule has 0 atom stereocenters. The van der Waals surface area contributed by atoms with Crippen LogP contribution < -0.4 is 9.64 Å². The number of benzene rings is 2. The van der Waals surface area contributed by atoms with Crippen molar-refractivity contribution in [3.8, 4) is 16.9 Å². The number of hydrogen-bond acceptors (Lipinski definition) is 7. The largest absolute Gasteiger partial charge is 0.496 e. The van der Waals surface area contributed by atoms with E-state index in [4.69, 9.17) is 21.1 Å². The van der Waals surface area contributed by atoms with Crippen LogP contribution in [0.2, 0.25) is 5.02 Å². The van der Waals surface area contributed by atoms with Gasteiger partial charge in [-0.25, -0.2) is 28.3 Å². The Labute approximate surface area is 216 Å². The smallest absolute Gasteiger partial charge is 0.410 e. The molecule has 0 saturated carbocycles. The van der Waals surface area contributed by atoms with Crippen molar-refractivity contribution in [1.82, 2.24) is 14.9 Å². The lowest BCUT2D eigenvalue weighted by atomic mass is 10.0. The van der Waals surface area contributed by atoms with Crippen molar-refractivity contribution >= 4 is 40.4 Å². The predicted octanol–water partition coefficient (Wildman–Crippen LogP) is 4.99. The van der Waals surface area contributed by atoms with E-state index in [1.165, 1.54) is 30.2 Å². The van der Waals surface area contributed by atoms with Crippen molar-refractivity contribution in [3.05, 3.63) is 46.7 Å². The van der Waals surface area contributed by atoms with Crippen LogP contribution in [0.1, 0.15) is 31.4 Å². The number of ether oxygens (including phenoxy) is 2. The molecule has 1 fully saturated rings. The van der Waals surface area contributed by atoms with Gasteiger partial charge in [0.1, 0.15) is 28.5 Å². The van der Waals surface area contributed by atoms with Gasteiger partial charge >= 0.3 is 12.1 Å². The predicted molar refractivity (Wildman–Crippen MR) is 133 cm³/mol. The van der Waals surface area contributed by atoms with E-state index < -0.39 is 35.1 Å². The Balaban J connectivity index is 1.80. The lowest BCUT2D eigenvalue weighted by molar-refractivity contribution is 0.0240. The van der Waals surface area contributed by atoms with E-state index in [1.807, 2.05) is 0 Å². The Morgan fingerprint density at radius 1 is 1.08 bits per heavy atom. The van der Waals surface area contributed by atoms with Gasteiger partial charge in [0.05, 0.1) is 17.7 Å². The van der Waals surface area contributed by atoms with Crippen LogP contribution in [0.3, 0.4) is 0 Å². The van der Waals surface area contributed by atoms with Crippen molar-refractivity contribution in [2.75, 3.05) is 38.2 Å². The molecule has 12 heteroatoms. The third-order valence-electron chi connectivity index (χ3n) is 5.73. The molecular formula is C25H25ClF2N4O5. The number of carboxylic acid groups (broad SMARTS) is 1. The van der Waals surface area contributed by atoms with E-state index in [0.29, 0.717) is 0 Å². The van der Waals surface area contributed by atoms with Crippen LogP contribution in [0.25, 0.3) is 22.0 Å². The second-order valence-corrected chi connectivity index (χ2v) is 9.80. The minimum atomic E-state index is -1.46. The summed E-state index contributed by atoms with van der Waals surface area (Å²) in [5.41, 5.74) is -1.50. The molecule has 0 aliphatic carbocycles. The number of hydrogen-bond donors (Lipinski definition) is 1. The van der Waals surface area contributed by atoms with Crippen molar-refractivity contribution in [1.29, 1.82) is 0 Å². The lowest BCUT2D eigenvalue weighted by Crippen LogP contribution is -2.50. The molecule has 1 saturated heterocycles. The molecule has 37 heavy (non-hydrogen) atoms. The molecule has 1 aliphatic heterocycles. The monoisotopic (exact) mass is 534 g/mol. The molecule has 0 unspecified atom stereocenters. The average molecular weight is 535 g/mol. The van der Waals surface area contributed by atoms with Gasteiger partial charge in [0.25, 0.3) is 0 Å². The summed E-state index contributed by atoms with van der Waals surface area (Å²) in [4.78, 5) is 35.5. The van der Waals surface area contributed by atoms with Gasteiger partial charge in [-0.2, -0.15) is 0 Å². The number of carboxylic acids is 1. The first kappa shape index (κ1) is 26.3. The topological polar surface area (TPSA) is 105 Å². The number of halogens is 3. The number of nitrogens with zero attached hydrogens (tertiary/aromatic N) is 4. The zero-order valence-corrected chi connectivity index (χ0v) is 21.4. The molecule has 3 aromatic rings. The van der Waals surface area contributed by atoms with Crippen LogP contribution in [-0.4, -0.2) is 70.9 Å². The normalized spacial score (nSPS) is 14.1. The summed E-state index contributed by atoms with van der Waals surface area (Å²) in [6.45, 7) is 6.38. The van der Waals surface area contributed by atoms with E-state index in [0.717, 1.165) is 6.07 Å². The van der Waals surface area contributed by atoms with Crippen molar-refractivity contribution in [2.24, 2.45) is 0 Å². The number of anilines is 1. The summed E-state index contributed by atoms with van der Waals surface area (Å²) in [5.74, 6) is -3.69. The summed E-state index contributed by atoms with van der Waals surface area (Å²) in [6, 6.07) is 5.37. The highest BCUT2D eigenvalue weighted by atomic mass is 35.5. The van der Waals surface area contributed by atoms with E-state index in [9.17, 15) is 19.1 Å². The molecule has 1 amide bonds. The summed E-state index contributed by atoms with van der Waals surface area (Å²) < 4.78 is 41.3. The van der Waals surface area contributed by atoms with Crippen LogP contribution in [0, 0.1) is 11.6 Å². The quantitative estimate of drug-likeness (QED) is 0.499. The van der Waals surface area contributed by atoms with Gasteiger partial charge in [-0.1, -0.05) is 17.7 Å². The lowest BCUT2D eigenvalue weighted by Gasteiger charge is -2.36. The number of rotatable bonds is 4. The molecule has 0 bridgehead atoms. The summed E-state index contributed by atoms with van der Waals surface area (Å²) >= 11 is 6.46.